The van der Waals surface area contributed by atoms with E-state index in [0.29, 0.717) is 0 Å². The van der Waals surface area contributed by atoms with Crippen molar-refractivity contribution in [3.05, 3.63) is 33.2 Å². The SMILES string of the molecule is CCC(=O)O[C@H]1[C@@H](n2ccc(N)nc2=O)O[C@@](COP)(N=[N+]=[N-])[C@H]1F. The Morgan fingerprint density at radius 1 is 1.72 bits per heavy atom. The summed E-state index contributed by atoms with van der Waals surface area (Å²) in [5.74, 6) is -0.769. The number of halogens is 1. The number of carbonyl (C=O) groups is 1. The quantitative estimate of drug-likeness (QED) is 0.254. The summed E-state index contributed by atoms with van der Waals surface area (Å²) in [7, 11) is 1.87. The lowest BCUT2D eigenvalue weighted by Gasteiger charge is -2.24. The number of esters is 1. The van der Waals surface area contributed by atoms with Gasteiger partial charge in [0, 0.05) is 27.0 Å². The van der Waals surface area contributed by atoms with E-state index in [2.05, 4.69) is 15.0 Å². The molecule has 1 aromatic heterocycles. The first-order valence-corrected chi connectivity index (χ1v) is 7.59. The van der Waals surface area contributed by atoms with Gasteiger partial charge in [0.15, 0.2) is 18.5 Å². The molecule has 13 heteroatoms. The third-order valence-corrected chi connectivity index (χ3v) is 3.68. The molecule has 2 N–H and O–H groups in total. The maximum atomic E-state index is 15.0. The Hall–Kier alpha value is -2.26. The average molecular weight is 374 g/mol. The summed E-state index contributed by atoms with van der Waals surface area (Å²) in [5, 5.41) is 3.33. The van der Waals surface area contributed by atoms with Gasteiger partial charge in [-0.05, 0) is 11.6 Å². The van der Waals surface area contributed by atoms with Gasteiger partial charge in [-0.2, -0.15) is 4.98 Å². The van der Waals surface area contributed by atoms with Gasteiger partial charge in [-0.15, -0.1) is 0 Å². The van der Waals surface area contributed by atoms with E-state index in [0.717, 1.165) is 4.57 Å². The minimum atomic E-state index is -2.12. The zero-order chi connectivity index (χ0) is 18.6. The van der Waals surface area contributed by atoms with Crippen molar-refractivity contribution in [3.63, 3.8) is 0 Å². The van der Waals surface area contributed by atoms with Crippen molar-refractivity contribution >= 4 is 21.3 Å². The van der Waals surface area contributed by atoms with Crippen LogP contribution < -0.4 is 11.4 Å². The highest BCUT2D eigenvalue weighted by Crippen LogP contribution is 2.42. The monoisotopic (exact) mass is 374 g/mol. The molecule has 0 radical (unpaired) electrons. The normalized spacial score (nSPS) is 28.4. The second kappa shape index (κ2) is 7.75. The van der Waals surface area contributed by atoms with Gasteiger partial charge in [-0.25, -0.2) is 9.18 Å². The molecule has 0 aliphatic carbocycles. The van der Waals surface area contributed by atoms with Crippen LogP contribution in [0.5, 0.6) is 0 Å². The third kappa shape index (κ3) is 3.72. The summed E-state index contributed by atoms with van der Waals surface area (Å²) in [5.41, 5.74) is 11.2. The van der Waals surface area contributed by atoms with Crippen molar-refractivity contribution in [1.29, 1.82) is 0 Å². The third-order valence-electron chi connectivity index (χ3n) is 3.51. The highest BCUT2D eigenvalue weighted by atomic mass is 31.0. The molecule has 1 aliphatic heterocycles. The number of anilines is 1. The van der Waals surface area contributed by atoms with E-state index in [1.165, 1.54) is 19.2 Å². The fourth-order valence-electron chi connectivity index (χ4n) is 2.35. The van der Waals surface area contributed by atoms with Crippen LogP contribution in [0, 0.1) is 0 Å². The van der Waals surface area contributed by atoms with Crippen molar-refractivity contribution in [1.82, 2.24) is 9.55 Å². The van der Waals surface area contributed by atoms with E-state index in [4.69, 9.17) is 25.3 Å². The van der Waals surface area contributed by atoms with Crippen molar-refractivity contribution in [2.75, 3.05) is 12.3 Å². The zero-order valence-electron chi connectivity index (χ0n) is 13.1. The lowest BCUT2D eigenvalue weighted by Crippen LogP contribution is -2.43. The Morgan fingerprint density at radius 2 is 2.44 bits per heavy atom. The molecule has 5 atom stereocenters. The molecule has 2 rings (SSSR count). The number of aromatic nitrogens is 2. The first-order valence-electron chi connectivity index (χ1n) is 7.12. The Kier molecular flexibility index (Phi) is 5.91. The van der Waals surface area contributed by atoms with E-state index in [1.807, 2.05) is 9.47 Å². The van der Waals surface area contributed by atoms with Crippen LogP contribution in [0.25, 0.3) is 10.4 Å². The van der Waals surface area contributed by atoms with Crippen LogP contribution in [-0.2, 0) is 18.8 Å². The number of nitrogens with zero attached hydrogens (tertiary/aromatic N) is 5. The Bertz CT molecular complexity index is 756. The molecule has 2 heterocycles. The van der Waals surface area contributed by atoms with Gasteiger partial charge in [0.1, 0.15) is 5.82 Å². The molecule has 0 saturated carbocycles. The molecule has 25 heavy (non-hydrogen) atoms. The topological polar surface area (TPSA) is 154 Å². The average Bonchev–Trinajstić information content (AvgIpc) is 2.81. The molecule has 11 nitrogen and oxygen atoms in total. The van der Waals surface area contributed by atoms with Gasteiger partial charge in [-0.3, -0.25) is 9.36 Å². The summed E-state index contributed by atoms with van der Waals surface area (Å²) >= 11 is 0. The van der Waals surface area contributed by atoms with Crippen molar-refractivity contribution in [2.45, 2.75) is 37.6 Å². The Morgan fingerprint density at radius 3 is 3.00 bits per heavy atom. The number of carbonyl (C=O) groups excluding carboxylic acids is 1. The minimum absolute atomic E-state index is 0.0283. The van der Waals surface area contributed by atoms with Crippen LogP contribution >= 0.6 is 9.47 Å². The van der Waals surface area contributed by atoms with E-state index in [9.17, 15) is 9.59 Å². The van der Waals surface area contributed by atoms with Crippen LogP contribution in [0.1, 0.15) is 19.6 Å². The number of nitrogen functional groups attached to an aromatic ring is 1. The van der Waals surface area contributed by atoms with E-state index < -0.39 is 42.5 Å². The van der Waals surface area contributed by atoms with Crippen LogP contribution in [0.2, 0.25) is 0 Å². The molecule has 0 amide bonds. The van der Waals surface area contributed by atoms with Crippen LogP contribution in [-0.4, -0.2) is 40.1 Å². The predicted octanol–water partition coefficient (Wildman–Crippen LogP) is 0.827. The number of ether oxygens (including phenoxy) is 2. The van der Waals surface area contributed by atoms with E-state index >= 15 is 4.39 Å². The second-order valence-corrected chi connectivity index (χ2v) is 5.44. The standard InChI is InChI=1S/C12H16FN6O5P/c1-2-7(20)23-8-9(13)12(5-22-25,17-18-15)24-10(8)19-4-3-6(14)16-11(19)21/h3-4,8-10H,2,5,25H2,1H3,(H2,14,16,21)/t8-,9+,10+,12-/m1/s1. The smallest absolute Gasteiger partial charge is 0.351 e. The number of rotatable bonds is 6. The molecule has 0 bridgehead atoms. The van der Waals surface area contributed by atoms with Crippen molar-refractivity contribution < 1.29 is 23.2 Å². The summed E-state index contributed by atoms with van der Waals surface area (Å²) in [6, 6.07) is 1.29. The van der Waals surface area contributed by atoms with E-state index in [-0.39, 0.29) is 12.2 Å². The van der Waals surface area contributed by atoms with E-state index in [1.54, 1.807) is 0 Å². The first-order chi connectivity index (χ1) is 11.9. The molecule has 1 aliphatic rings. The Labute approximate surface area is 143 Å². The fourth-order valence-corrected chi connectivity index (χ4v) is 2.59. The summed E-state index contributed by atoms with van der Waals surface area (Å²) in [6.07, 6.45) is -3.88. The summed E-state index contributed by atoms with van der Waals surface area (Å²) in [6.45, 7) is 1.03. The van der Waals surface area contributed by atoms with Gasteiger partial charge in [-0.1, -0.05) is 12.0 Å². The van der Waals surface area contributed by atoms with Crippen molar-refractivity contribution in [2.24, 2.45) is 5.11 Å². The molecule has 0 aromatic carbocycles. The molecule has 1 aromatic rings. The molecular formula is C12H16FN6O5P. The van der Waals surface area contributed by atoms with Crippen molar-refractivity contribution in [3.8, 4) is 0 Å². The lowest BCUT2D eigenvalue weighted by molar-refractivity contribution is -0.157. The first kappa shape index (κ1) is 19.1. The maximum Gasteiger partial charge on any atom is 0.351 e. The minimum Gasteiger partial charge on any atom is -0.454 e. The number of azide groups is 1. The second-order valence-electron chi connectivity index (χ2n) is 5.11. The van der Waals surface area contributed by atoms with Gasteiger partial charge < -0.3 is 19.7 Å². The van der Waals surface area contributed by atoms with Crippen LogP contribution in [0.15, 0.2) is 22.2 Å². The largest absolute Gasteiger partial charge is 0.454 e. The van der Waals surface area contributed by atoms with Crippen LogP contribution in [0.3, 0.4) is 0 Å². The van der Waals surface area contributed by atoms with Gasteiger partial charge >= 0.3 is 11.7 Å². The van der Waals surface area contributed by atoms with Crippen LogP contribution in [0.4, 0.5) is 10.2 Å². The molecule has 1 saturated heterocycles. The number of alkyl halides is 1. The number of hydrogen-bond donors (Lipinski definition) is 1. The molecule has 136 valence electrons. The molecule has 0 spiro atoms. The highest BCUT2D eigenvalue weighted by molar-refractivity contribution is 7.09. The number of hydrogen-bond acceptors (Lipinski definition) is 8. The molecular weight excluding hydrogens is 358 g/mol. The molecule has 1 unspecified atom stereocenters. The highest BCUT2D eigenvalue weighted by Gasteiger charge is 2.59. The predicted molar refractivity (Wildman–Crippen MR) is 85.6 cm³/mol. The maximum absolute atomic E-state index is 15.0. The molecule has 1 fully saturated rings. The Balaban J connectivity index is 2.51. The lowest BCUT2D eigenvalue weighted by atomic mass is 10.1. The van der Waals surface area contributed by atoms with Gasteiger partial charge in [0.25, 0.3) is 0 Å². The zero-order valence-corrected chi connectivity index (χ0v) is 14.3. The fraction of sp³-hybridized carbons (Fsp3) is 0.583. The van der Waals surface area contributed by atoms with Gasteiger partial charge in [0.2, 0.25) is 5.72 Å². The van der Waals surface area contributed by atoms with Gasteiger partial charge in [0.05, 0.1) is 6.61 Å². The summed E-state index contributed by atoms with van der Waals surface area (Å²) in [4.78, 5) is 29.8. The number of nitrogens with two attached hydrogens (primary N) is 1. The summed E-state index contributed by atoms with van der Waals surface area (Å²) < 4.78 is 31.2.